The molecule has 0 aliphatic carbocycles. The van der Waals surface area contributed by atoms with Crippen LogP contribution in [0.5, 0.6) is 0 Å². The van der Waals surface area contributed by atoms with Gasteiger partial charge in [-0.3, -0.25) is 0 Å². The maximum absolute atomic E-state index is 5.60. The van der Waals surface area contributed by atoms with Gasteiger partial charge in [-0.25, -0.2) is 9.67 Å². The molecule has 3 aromatic rings. The van der Waals surface area contributed by atoms with Gasteiger partial charge in [-0.2, -0.15) is 4.99 Å². The SMILES string of the molecule is NC(N)=NC(N)=Nc1ccc(Cn2nnc3ccccc32)cc1. The zero-order valence-electron chi connectivity index (χ0n) is 12.3. The van der Waals surface area contributed by atoms with Crippen LogP contribution in [0.15, 0.2) is 58.5 Å². The Hall–Kier alpha value is -3.42. The summed E-state index contributed by atoms with van der Waals surface area (Å²) in [6.45, 7) is 0.619. The molecule has 1 aromatic heterocycles. The van der Waals surface area contributed by atoms with Gasteiger partial charge in [0.05, 0.1) is 17.7 Å². The monoisotopic (exact) mass is 308 g/mol. The van der Waals surface area contributed by atoms with E-state index in [1.54, 1.807) is 0 Å². The molecular formula is C15H16N8. The lowest BCUT2D eigenvalue weighted by Crippen LogP contribution is -2.26. The van der Waals surface area contributed by atoms with Crippen molar-refractivity contribution in [2.45, 2.75) is 6.54 Å². The van der Waals surface area contributed by atoms with Gasteiger partial charge in [0, 0.05) is 0 Å². The third-order valence-corrected chi connectivity index (χ3v) is 3.18. The van der Waals surface area contributed by atoms with Gasteiger partial charge in [0.2, 0.25) is 5.96 Å². The minimum absolute atomic E-state index is 0.0139. The van der Waals surface area contributed by atoms with E-state index in [9.17, 15) is 0 Å². The molecule has 1 heterocycles. The molecule has 8 heteroatoms. The fourth-order valence-electron chi connectivity index (χ4n) is 2.17. The summed E-state index contributed by atoms with van der Waals surface area (Å²) in [5.41, 5.74) is 19.7. The number of guanidine groups is 2. The van der Waals surface area contributed by atoms with E-state index >= 15 is 0 Å². The highest BCUT2D eigenvalue weighted by molar-refractivity contribution is 5.93. The molecule has 0 fully saturated rings. The molecule has 23 heavy (non-hydrogen) atoms. The van der Waals surface area contributed by atoms with Crippen LogP contribution >= 0.6 is 0 Å². The Kier molecular flexibility index (Phi) is 3.88. The predicted molar refractivity (Wildman–Crippen MR) is 90.2 cm³/mol. The second kappa shape index (κ2) is 6.14. The van der Waals surface area contributed by atoms with E-state index in [2.05, 4.69) is 20.3 Å². The number of aliphatic imine (C=N–C) groups is 2. The zero-order valence-corrected chi connectivity index (χ0v) is 12.3. The first-order valence-corrected chi connectivity index (χ1v) is 6.93. The van der Waals surface area contributed by atoms with Crippen molar-refractivity contribution in [3.05, 3.63) is 54.1 Å². The summed E-state index contributed by atoms with van der Waals surface area (Å²) < 4.78 is 1.85. The highest BCUT2D eigenvalue weighted by Gasteiger charge is 2.04. The minimum Gasteiger partial charge on any atom is -0.370 e. The van der Waals surface area contributed by atoms with E-state index in [0.29, 0.717) is 12.2 Å². The van der Waals surface area contributed by atoms with Crippen molar-refractivity contribution < 1.29 is 0 Å². The summed E-state index contributed by atoms with van der Waals surface area (Å²) in [6, 6.07) is 15.4. The standard InChI is InChI=1S/C15H16N8/c16-14(17)20-15(18)19-11-7-5-10(6-8-11)9-23-13-4-2-1-3-12(13)21-22-23/h1-8H,9H2,(H6,16,17,18,19,20). The molecule has 0 aliphatic rings. The lowest BCUT2D eigenvalue weighted by molar-refractivity contribution is 0.670. The van der Waals surface area contributed by atoms with Gasteiger partial charge in [-0.1, -0.05) is 29.5 Å². The summed E-state index contributed by atoms with van der Waals surface area (Å²) in [4.78, 5) is 7.77. The Labute approximate surface area is 132 Å². The van der Waals surface area contributed by atoms with Gasteiger partial charge in [0.15, 0.2) is 5.96 Å². The van der Waals surface area contributed by atoms with Crippen molar-refractivity contribution in [1.82, 2.24) is 15.0 Å². The lowest BCUT2D eigenvalue weighted by Gasteiger charge is -2.03. The number of hydrogen-bond acceptors (Lipinski definition) is 3. The first-order valence-electron chi connectivity index (χ1n) is 6.93. The average molecular weight is 308 g/mol. The summed E-state index contributed by atoms with van der Waals surface area (Å²) in [6.07, 6.45) is 0. The molecule has 0 saturated heterocycles. The van der Waals surface area contributed by atoms with Crippen LogP contribution in [0.3, 0.4) is 0 Å². The maximum atomic E-state index is 5.60. The quantitative estimate of drug-likeness (QED) is 0.483. The second-order valence-electron chi connectivity index (χ2n) is 4.91. The van der Waals surface area contributed by atoms with Crippen LogP contribution in [0.2, 0.25) is 0 Å². The third-order valence-electron chi connectivity index (χ3n) is 3.18. The predicted octanol–water partition coefficient (Wildman–Crippen LogP) is 0.699. The molecule has 0 spiro atoms. The van der Waals surface area contributed by atoms with Crippen LogP contribution in [0.4, 0.5) is 5.69 Å². The van der Waals surface area contributed by atoms with E-state index < -0.39 is 0 Å². The molecule has 8 nitrogen and oxygen atoms in total. The van der Waals surface area contributed by atoms with Gasteiger partial charge in [-0.05, 0) is 29.8 Å². The number of hydrogen-bond donors (Lipinski definition) is 3. The lowest BCUT2D eigenvalue weighted by atomic mass is 10.2. The van der Waals surface area contributed by atoms with Gasteiger partial charge in [0.25, 0.3) is 0 Å². The van der Waals surface area contributed by atoms with E-state index in [1.165, 1.54) is 0 Å². The fraction of sp³-hybridized carbons (Fsp3) is 0.0667. The van der Waals surface area contributed by atoms with Crippen LogP contribution in [-0.4, -0.2) is 26.9 Å². The number of rotatable bonds is 3. The highest BCUT2D eigenvalue weighted by Crippen LogP contribution is 2.16. The molecule has 2 aromatic carbocycles. The fourth-order valence-corrected chi connectivity index (χ4v) is 2.17. The summed E-state index contributed by atoms with van der Waals surface area (Å²) in [5.74, 6) is -0.110. The van der Waals surface area contributed by atoms with Crippen molar-refractivity contribution >= 4 is 28.6 Å². The van der Waals surface area contributed by atoms with Crippen LogP contribution in [0.25, 0.3) is 11.0 Å². The highest BCUT2D eigenvalue weighted by atomic mass is 15.4. The van der Waals surface area contributed by atoms with Crippen LogP contribution in [0, 0.1) is 0 Å². The maximum Gasteiger partial charge on any atom is 0.223 e. The molecule has 0 saturated carbocycles. The van der Waals surface area contributed by atoms with Crippen molar-refractivity contribution in [3.8, 4) is 0 Å². The molecule has 116 valence electrons. The normalized spacial score (nSPS) is 11.6. The van der Waals surface area contributed by atoms with Crippen molar-refractivity contribution in [3.63, 3.8) is 0 Å². The molecule has 0 bridgehead atoms. The number of aromatic nitrogens is 3. The van der Waals surface area contributed by atoms with E-state index in [1.807, 2.05) is 53.2 Å². The Morgan fingerprint density at radius 3 is 2.48 bits per heavy atom. The smallest absolute Gasteiger partial charge is 0.223 e. The largest absolute Gasteiger partial charge is 0.370 e. The van der Waals surface area contributed by atoms with Gasteiger partial charge < -0.3 is 17.2 Å². The molecule has 0 atom stereocenters. The number of para-hydroxylation sites is 1. The second-order valence-corrected chi connectivity index (χ2v) is 4.91. The molecule has 6 N–H and O–H groups in total. The number of nitrogens with zero attached hydrogens (tertiary/aromatic N) is 5. The Morgan fingerprint density at radius 1 is 1.00 bits per heavy atom. The van der Waals surface area contributed by atoms with Crippen molar-refractivity contribution in [2.75, 3.05) is 0 Å². The first-order chi connectivity index (χ1) is 11.1. The minimum atomic E-state index is -0.124. The van der Waals surface area contributed by atoms with Crippen LogP contribution < -0.4 is 17.2 Å². The third kappa shape index (κ3) is 3.43. The van der Waals surface area contributed by atoms with E-state index in [4.69, 9.17) is 17.2 Å². The first kappa shape index (κ1) is 14.5. The number of benzene rings is 2. The topological polar surface area (TPSA) is 133 Å². The van der Waals surface area contributed by atoms with Crippen LogP contribution in [-0.2, 0) is 6.54 Å². The van der Waals surface area contributed by atoms with Crippen molar-refractivity contribution in [1.29, 1.82) is 0 Å². The van der Waals surface area contributed by atoms with E-state index in [-0.39, 0.29) is 11.9 Å². The van der Waals surface area contributed by atoms with Crippen LogP contribution in [0.1, 0.15) is 5.56 Å². The van der Waals surface area contributed by atoms with Crippen molar-refractivity contribution in [2.24, 2.45) is 27.2 Å². The number of fused-ring (bicyclic) bond motifs is 1. The molecule has 0 aliphatic heterocycles. The summed E-state index contributed by atoms with van der Waals surface area (Å²) >= 11 is 0. The number of nitrogens with two attached hydrogens (primary N) is 3. The van der Waals surface area contributed by atoms with Gasteiger partial charge in [0.1, 0.15) is 5.52 Å². The van der Waals surface area contributed by atoms with E-state index in [0.717, 1.165) is 16.6 Å². The Bertz CT molecular complexity index is 872. The summed E-state index contributed by atoms with van der Waals surface area (Å²) in [5, 5.41) is 8.30. The molecule has 0 radical (unpaired) electrons. The summed E-state index contributed by atoms with van der Waals surface area (Å²) in [7, 11) is 0. The average Bonchev–Trinajstić information content (AvgIpc) is 2.92. The molecule has 3 rings (SSSR count). The molecular weight excluding hydrogens is 292 g/mol. The van der Waals surface area contributed by atoms with Gasteiger partial charge >= 0.3 is 0 Å². The Morgan fingerprint density at radius 2 is 1.74 bits per heavy atom. The molecule has 0 amide bonds. The van der Waals surface area contributed by atoms with Gasteiger partial charge in [-0.15, -0.1) is 5.10 Å². The zero-order chi connectivity index (χ0) is 16.2. The molecule has 0 unspecified atom stereocenters. The Balaban J connectivity index is 1.79.